The first-order valence-electron chi connectivity index (χ1n) is 5.18. The van der Waals surface area contributed by atoms with Crippen LogP contribution in [0, 0.1) is 0 Å². The van der Waals surface area contributed by atoms with E-state index in [1.165, 1.54) is 0 Å². The molecule has 0 aliphatic heterocycles. The van der Waals surface area contributed by atoms with Crippen molar-refractivity contribution < 1.29 is 9.21 Å². The summed E-state index contributed by atoms with van der Waals surface area (Å²) < 4.78 is 5.54. The van der Waals surface area contributed by atoms with Gasteiger partial charge in [0.25, 0.3) is 0 Å². The number of aromatic nitrogens is 1. The van der Waals surface area contributed by atoms with E-state index in [0.717, 1.165) is 37.0 Å². The molecule has 0 fully saturated rings. The van der Waals surface area contributed by atoms with Gasteiger partial charge in [0.1, 0.15) is 11.8 Å². The largest absolute Gasteiger partial charge is 0.441 e. The SMILES string of the molecule is CCCCc1nc2ccc(C=O)cc2o1. The summed E-state index contributed by atoms with van der Waals surface area (Å²) in [5.41, 5.74) is 2.15. The van der Waals surface area contributed by atoms with Gasteiger partial charge in [-0.15, -0.1) is 0 Å². The van der Waals surface area contributed by atoms with Crippen LogP contribution in [0.15, 0.2) is 22.6 Å². The summed E-state index contributed by atoms with van der Waals surface area (Å²) in [6, 6.07) is 5.30. The van der Waals surface area contributed by atoms with Gasteiger partial charge in [0.2, 0.25) is 0 Å². The quantitative estimate of drug-likeness (QED) is 0.717. The molecule has 1 aromatic carbocycles. The Bertz CT molecular complexity index is 473. The Morgan fingerprint density at radius 2 is 2.33 bits per heavy atom. The number of carbonyl (C=O) groups is 1. The monoisotopic (exact) mass is 203 g/mol. The second-order valence-corrected chi connectivity index (χ2v) is 3.56. The van der Waals surface area contributed by atoms with E-state index in [-0.39, 0.29) is 0 Å². The number of rotatable bonds is 4. The van der Waals surface area contributed by atoms with Gasteiger partial charge in [-0.1, -0.05) is 13.3 Å². The molecule has 0 saturated carbocycles. The van der Waals surface area contributed by atoms with Gasteiger partial charge in [-0.3, -0.25) is 4.79 Å². The molecule has 0 radical (unpaired) electrons. The van der Waals surface area contributed by atoms with Crippen molar-refractivity contribution in [3.8, 4) is 0 Å². The first-order chi connectivity index (χ1) is 7.33. The van der Waals surface area contributed by atoms with Crippen LogP contribution in [0.5, 0.6) is 0 Å². The summed E-state index contributed by atoms with van der Waals surface area (Å²) in [5.74, 6) is 0.759. The molecule has 78 valence electrons. The number of benzene rings is 1. The van der Waals surface area contributed by atoms with Gasteiger partial charge in [0, 0.05) is 12.0 Å². The third-order valence-corrected chi connectivity index (χ3v) is 2.34. The minimum Gasteiger partial charge on any atom is -0.441 e. The van der Waals surface area contributed by atoms with Crippen molar-refractivity contribution >= 4 is 17.4 Å². The van der Waals surface area contributed by atoms with Crippen molar-refractivity contribution in [1.29, 1.82) is 0 Å². The summed E-state index contributed by atoms with van der Waals surface area (Å²) in [5, 5.41) is 0. The fourth-order valence-corrected chi connectivity index (χ4v) is 1.50. The van der Waals surface area contributed by atoms with E-state index >= 15 is 0 Å². The zero-order valence-corrected chi connectivity index (χ0v) is 8.69. The lowest BCUT2D eigenvalue weighted by atomic mass is 10.2. The van der Waals surface area contributed by atoms with Crippen LogP contribution in [0.2, 0.25) is 0 Å². The maximum Gasteiger partial charge on any atom is 0.195 e. The van der Waals surface area contributed by atoms with Crippen molar-refractivity contribution in [3.63, 3.8) is 0 Å². The van der Waals surface area contributed by atoms with E-state index in [9.17, 15) is 4.79 Å². The molecule has 2 rings (SSSR count). The third kappa shape index (κ3) is 2.06. The van der Waals surface area contributed by atoms with Crippen LogP contribution in [0.4, 0.5) is 0 Å². The van der Waals surface area contributed by atoms with Crippen LogP contribution >= 0.6 is 0 Å². The Kier molecular flexibility index (Phi) is 2.81. The topological polar surface area (TPSA) is 43.1 Å². The molecule has 0 bridgehead atoms. The van der Waals surface area contributed by atoms with Crippen LogP contribution in [-0.4, -0.2) is 11.3 Å². The number of unbranched alkanes of at least 4 members (excludes halogenated alkanes) is 1. The molecule has 0 unspecified atom stereocenters. The number of oxazole rings is 1. The molecule has 0 amide bonds. The van der Waals surface area contributed by atoms with Gasteiger partial charge in [-0.25, -0.2) is 4.98 Å². The zero-order valence-electron chi connectivity index (χ0n) is 8.69. The summed E-state index contributed by atoms with van der Waals surface area (Å²) in [6.07, 6.45) is 3.88. The number of hydrogen-bond donors (Lipinski definition) is 0. The third-order valence-electron chi connectivity index (χ3n) is 2.34. The molecular weight excluding hydrogens is 190 g/mol. The molecule has 0 spiro atoms. The second kappa shape index (κ2) is 4.26. The van der Waals surface area contributed by atoms with Crippen LogP contribution < -0.4 is 0 Å². The van der Waals surface area contributed by atoms with Gasteiger partial charge < -0.3 is 4.42 Å². The van der Waals surface area contributed by atoms with Crippen LogP contribution in [-0.2, 0) is 6.42 Å². The van der Waals surface area contributed by atoms with Crippen molar-refractivity contribution in [1.82, 2.24) is 4.98 Å². The standard InChI is InChI=1S/C12H13NO2/c1-2-3-4-12-13-10-6-5-9(8-14)7-11(10)15-12/h5-8H,2-4H2,1H3. The number of nitrogens with zero attached hydrogens (tertiary/aromatic N) is 1. The van der Waals surface area contributed by atoms with Crippen LogP contribution in [0.25, 0.3) is 11.1 Å². The first kappa shape index (κ1) is 9.90. The number of carbonyl (C=O) groups excluding carboxylic acids is 1. The maximum atomic E-state index is 10.6. The summed E-state index contributed by atoms with van der Waals surface area (Å²) in [7, 11) is 0. The van der Waals surface area contributed by atoms with Gasteiger partial charge in [-0.05, 0) is 24.6 Å². The van der Waals surface area contributed by atoms with Gasteiger partial charge in [0.05, 0.1) is 0 Å². The number of aryl methyl sites for hydroxylation is 1. The van der Waals surface area contributed by atoms with E-state index in [1.807, 2.05) is 6.07 Å². The molecular formula is C12H13NO2. The van der Waals surface area contributed by atoms with E-state index in [2.05, 4.69) is 11.9 Å². The smallest absolute Gasteiger partial charge is 0.195 e. The molecule has 0 N–H and O–H groups in total. The molecule has 15 heavy (non-hydrogen) atoms. The van der Waals surface area contributed by atoms with E-state index in [1.54, 1.807) is 12.1 Å². The Morgan fingerprint density at radius 1 is 1.47 bits per heavy atom. The summed E-state index contributed by atoms with van der Waals surface area (Å²) in [6.45, 7) is 2.13. The van der Waals surface area contributed by atoms with Crippen LogP contribution in [0.1, 0.15) is 36.0 Å². The van der Waals surface area contributed by atoms with Crippen molar-refractivity contribution in [2.45, 2.75) is 26.2 Å². The maximum absolute atomic E-state index is 10.6. The van der Waals surface area contributed by atoms with Gasteiger partial charge in [-0.2, -0.15) is 0 Å². The number of fused-ring (bicyclic) bond motifs is 1. The molecule has 0 aliphatic carbocycles. The van der Waals surface area contributed by atoms with E-state index in [4.69, 9.17) is 4.42 Å². The lowest BCUT2D eigenvalue weighted by molar-refractivity contribution is 0.112. The highest BCUT2D eigenvalue weighted by Crippen LogP contribution is 2.17. The molecule has 1 aromatic heterocycles. The molecule has 3 nitrogen and oxygen atoms in total. The highest BCUT2D eigenvalue weighted by Gasteiger charge is 2.05. The van der Waals surface area contributed by atoms with E-state index in [0.29, 0.717) is 11.1 Å². The molecule has 1 heterocycles. The summed E-state index contributed by atoms with van der Waals surface area (Å²) >= 11 is 0. The Morgan fingerprint density at radius 3 is 3.07 bits per heavy atom. The normalized spacial score (nSPS) is 10.7. The first-order valence-corrected chi connectivity index (χ1v) is 5.18. The predicted octanol–water partition coefficient (Wildman–Crippen LogP) is 2.98. The minimum atomic E-state index is 0.626. The van der Waals surface area contributed by atoms with Crippen molar-refractivity contribution in [3.05, 3.63) is 29.7 Å². The van der Waals surface area contributed by atoms with Crippen molar-refractivity contribution in [2.24, 2.45) is 0 Å². The highest BCUT2D eigenvalue weighted by molar-refractivity contribution is 5.83. The molecule has 0 saturated heterocycles. The molecule has 0 atom stereocenters. The van der Waals surface area contributed by atoms with Crippen molar-refractivity contribution in [2.75, 3.05) is 0 Å². The van der Waals surface area contributed by atoms with E-state index < -0.39 is 0 Å². The molecule has 2 aromatic rings. The lowest BCUT2D eigenvalue weighted by Gasteiger charge is -1.89. The average Bonchev–Trinajstić information content (AvgIpc) is 2.67. The number of hydrogen-bond acceptors (Lipinski definition) is 3. The Balaban J connectivity index is 2.33. The average molecular weight is 203 g/mol. The fraction of sp³-hybridized carbons (Fsp3) is 0.333. The fourth-order valence-electron chi connectivity index (χ4n) is 1.50. The summed E-state index contributed by atoms with van der Waals surface area (Å²) in [4.78, 5) is 14.9. The van der Waals surface area contributed by atoms with Gasteiger partial charge >= 0.3 is 0 Å². The van der Waals surface area contributed by atoms with Crippen LogP contribution in [0.3, 0.4) is 0 Å². The zero-order chi connectivity index (χ0) is 10.7. The second-order valence-electron chi connectivity index (χ2n) is 3.56. The Labute approximate surface area is 88.1 Å². The molecule has 0 aliphatic rings. The minimum absolute atomic E-state index is 0.626. The molecule has 3 heteroatoms. The Hall–Kier alpha value is -1.64. The predicted molar refractivity (Wildman–Crippen MR) is 58.0 cm³/mol. The highest BCUT2D eigenvalue weighted by atomic mass is 16.3. The van der Waals surface area contributed by atoms with Gasteiger partial charge in [0.15, 0.2) is 11.5 Å². The number of aldehydes is 1. The lowest BCUT2D eigenvalue weighted by Crippen LogP contribution is -1.82.